The highest BCUT2D eigenvalue weighted by atomic mass is 16.4. The Morgan fingerprint density at radius 1 is 1.55 bits per heavy atom. The molecule has 1 aromatic heterocycles. The maximum Gasteiger partial charge on any atom is 0.328 e. The molecule has 1 unspecified atom stereocenters. The summed E-state index contributed by atoms with van der Waals surface area (Å²) in [6.07, 6.45) is 5.01. The lowest BCUT2D eigenvalue weighted by atomic mass is 10.1. The van der Waals surface area contributed by atoms with Crippen LogP contribution in [0.2, 0.25) is 0 Å². The van der Waals surface area contributed by atoms with Gasteiger partial charge in [0.15, 0.2) is 0 Å². The molecule has 1 atom stereocenters. The molecule has 2 N–H and O–H groups in total. The van der Waals surface area contributed by atoms with Crippen LogP contribution in [0.1, 0.15) is 36.3 Å². The summed E-state index contributed by atoms with van der Waals surface area (Å²) in [6, 6.07) is 3.34. The number of carbonyl (C=O) groups excluding carboxylic acids is 1. The molecule has 1 fully saturated rings. The minimum absolute atomic E-state index is 0.253. The first-order valence-corrected chi connectivity index (χ1v) is 6.54. The van der Waals surface area contributed by atoms with Crippen LogP contribution in [0.3, 0.4) is 0 Å². The van der Waals surface area contributed by atoms with Crippen molar-refractivity contribution in [2.75, 3.05) is 6.54 Å². The van der Waals surface area contributed by atoms with Gasteiger partial charge >= 0.3 is 5.97 Å². The molecule has 5 heteroatoms. The molecule has 106 valence electrons. The average molecular weight is 274 g/mol. The second-order valence-corrected chi connectivity index (χ2v) is 5.71. The van der Waals surface area contributed by atoms with Crippen LogP contribution in [0.25, 0.3) is 6.08 Å². The minimum Gasteiger partial charge on any atom is -0.478 e. The van der Waals surface area contributed by atoms with E-state index in [0.717, 1.165) is 12.5 Å². The van der Waals surface area contributed by atoms with Gasteiger partial charge in [-0.25, -0.2) is 4.79 Å². The molecule has 1 aliphatic carbocycles. The predicted octanol–water partition coefficient (Wildman–Crippen LogP) is 1.96. The first-order valence-electron chi connectivity index (χ1n) is 6.54. The molecule has 1 aromatic rings. The fourth-order valence-electron chi connectivity index (χ4n) is 2.13. The third-order valence-corrected chi connectivity index (χ3v) is 3.69. The van der Waals surface area contributed by atoms with Gasteiger partial charge in [-0.15, -0.1) is 0 Å². The molecule has 20 heavy (non-hydrogen) atoms. The number of aliphatic carboxylic acids is 1. The normalized spacial score (nSPS) is 19.8. The van der Waals surface area contributed by atoms with E-state index in [9.17, 15) is 9.59 Å². The number of carboxylic acid groups (broad SMARTS) is 1. The number of nitrogens with zero attached hydrogens (tertiary/aromatic N) is 1. The molecular weight excluding hydrogens is 256 g/mol. The highest BCUT2D eigenvalue weighted by molar-refractivity contribution is 5.97. The number of aromatic nitrogens is 1. The zero-order valence-electron chi connectivity index (χ0n) is 11.6. The lowest BCUT2D eigenvalue weighted by Crippen LogP contribution is -2.28. The van der Waals surface area contributed by atoms with Crippen LogP contribution in [0.4, 0.5) is 0 Å². The highest BCUT2D eigenvalue weighted by Gasteiger charge is 2.45. The molecule has 0 aromatic carbocycles. The van der Waals surface area contributed by atoms with Crippen LogP contribution in [-0.4, -0.2) is 28.5 Å². The molecule has 0 bridgehead atoms. The van der Waals surface area contributed by atoms with Crippen molar-refractivity contribution in [3.05, 3.63) is 35.7 Å². The molecule has 1 aliphatic rings. The lowest BCUT2D eigenvalue weighted by Gasteiger charge is -2.07. The van der Waals surface area contributed by atoms with Crippen molar-refractivity contribution in [3.63, 3.8) is 0 Å². The quantitative estimate of drug-likeness (QED) is 0.804. The van der Waals surface area contributed by atoms with Gasteiger partial charge in [-0.05, 0) is 29.9 Å². The molecule has 2 rings (SSSR count). The summed E-state index contributed by atoms with van der Waals surface area (Å²) < 4.78 is 0. The molecule has 1 saturated carbocycles. The minimum atomic E-state index is -1.06. The summed E-state index contributed by atoms with van der Waals surface area (Å²) in [4.78, 5) is 26.7. The number of carboxylic acids is 1. The van der Waals surface area contributed by atoms with E-state index in [0.29, 0.717) is 23.4 Å². The van der Waals surface area contributed by atoms with Crippen molar-refractivity contribution in [2.45, 2.75) is 20.3 Å². The number of hydrogen-bond acceptors (Lipinski definition) is 3. The van der Waals surface area contributed by atoms with Crippen LogP contribution in [0.5, 0.6) is 0 Å². The maximum atomic E-state index is 12.1. The standard InChI is InChI=1S/C15H18N2O3/c1-15(2)8-11(15)9-17-14(20)13-10(4-3-7-16-13)5-6-12(18)19/h3-7,11H,8-9H2,1-2H3,(H,17,20)(H,18,19)/b6-5+. The summed E-state index contributed by atoms with van der Waals surface area (Å²) in [5, 5.41) is 11.5. The third-order valence-electron chi connectivity index (χ3n) is 3.69. The fourth-order valence-corrected chi connectivity index (χ4v) is 2.13. The van der Waals surface area contributed by atoms with Gasteiger partial charge in [0, 0.05) is 24.4 Å². The molecule has 1 amide bonds. The van der Waals surface area contributed by atoms with Gasteiger partial charge in [0.2, 0.25) is 0 Å². The van der Waals surface area contributed by atoms with Gasteiger partial charge in [0.1, 0.15) is 5.69 Å². The molecule has 0 spiro atoms. The topological polar surface area (TPSA) is 79.3 Å². The number of rotatable bonds is 5. The number of hydrogen-bond donors (Lipinski definition) is 2. The molecule has 0 saturated heterocycles. The van der Waals surface area contributed by atoms with Crippen molar-refractivity contribution in [2.24, 2.45) is 11.3 Å². The Labute approximate surface area is 117 Å². The first kappa shape index (κ1) is 14.2. The van der Waals surface area contributed by atoms with E-state index in [4.69, 9.17) is 5.11 Å². The fraction of sp³-hybridized carbons (Fsp3) is 0.400. The van der Waals surface area contributed by atoms with Gasteiger partial charge < -0.3 is 10.4 Å². The molecule has 0 aliphatic heterocycles. The monoisotopic (exact) mass is 274 g/mol. The summed E-state index contributed by atoms with van der Waals surface area (Å²) in [7, 11) is 0. The van der Waals surface area contributed by atoms with Crippen LogP contribution in [0.15, 0.2) is 24.4 Å². The van der Waals surface area contributed by atoms with E-state index in [-0.39, 0.29) is 11.6 Å². The van der Waals surface area contributed by atoms with Crippen LogP contribution in [-0.2, 0) is 4.79 Å². The molecule has 1 heterocycles. The van der Waals surface area contributed by atoms with E-state index >= 15 is 0 Å². The Hall–Kier alpha value is -2.17. The summed E-state index contributed by atoms with van der Waals surface area (Å²) >= 11 is 0. The van der Waals surface area contributed by atoms with Gasteiger partial charge in [-0.2, -0.15) is 0 Å². The molecule has 0 radical (unpaired) electrons. The van der Waals surface area contributed by atoms with E-state index in [1.807, 2.05) is 0 Å². The zero-order valence-corrected chi connectivity index (χ0v) is 11.6. The Bertz CT molecular complexity index is 564. The van der Waals surface area contributed by atoms with Crippen molar-refractivity contribution in [1.29, 1.82) is 0 Å². The average Bonchev–Trinajstić information content (AvgIpc) is 3.01. The lowest BCUT2D eigenvalue weighted by molar-refractivity contribution is -0.131. The van der Waals surface area contributed by atoms with Crippen molar-refractivity contribution < 1.29 is 14.7 Å². The first-order chi connectivity index (χ1) is 9.40. The summed E-state index contributed by atoms with van der Waals surface area (Å²) in [5.41, 5.74) is 1.06. The van der Waals surface area contributed by atoms with Gasteiger partial charge in [-0.3, -0.25) is 9.78 Å². The van der Waals surface area contributed by atoms with E-state index < -0.39 is 5.97 Å². The van der Waals surface area contributed by atoms with Crippen molar-refractivity contribution >= 4 is 18.0 Å². The Kier molecular flexibility index (Phi) is 3.88. The maximum absolute atomic E-state index is 12.1. The Morgan fingerprint density at radius 3 is 2.85 bits per heavy atom. The number of nitrogens with one attached hydrogen (secondary N) is 1. The van der Waals surface area contributed by atoms with E-state index in [1.54, 1.807) is 12.1 Å². The van der Waals surface area contributed by atoms with E-state index in [1.165, 1.54) is 12.3 Å². The molecule has 5 nitrogen and oxygen atoms in total. The van der Waals surface area contributed by atoms with Gasteiger partial charge in [-0.1, -0.05) is 19.9 Å². The molecular formula is C15H18N2O3. The summed E-state index contributed by atoms with van der Waals surface area (Å²) in [5.74, 6) is -0.813. The Balaban J connectivity index is 2.04. The SMILES string of the molecule is CC1(C)CC1CNC(=O)c1ncccc1/C=C/C(=O)O. The van der Waals surface area contributed by atoms with Gasteiger partial charge in [0.25, 0.3) is 5.91 Å². The smallest absolute Gasteiger partial charge is 0.328 e. The third kappa shape index (κ3) is 3.44. The second-order valence-electron chi connectivity index (χ2n) is 5.71. The van der Waals surface area contributed by atoms with Crippen molar-refractivity contribution in [1.82, 2.24) is 10.3 Å². The number of carbonyl (C=O) groups is 2. The van der Waals surface area contributed by atoms with E-state index in [2.05, 4.69) is 24.1 Å². The Morgan fingerprint density at radius 2 is 2.25 bits per heavy atom. The van der Waals surface area contributed by atoms with Crippen LogP contribution in [0, 0.1) is 11.3 Å². The largest absolute Gasteiger partial charge is 0.478 e. The number of amides is 1. The van der Waals surface area contributed by atoms with Crippen LogP contribution >= 0.6 is 0 Å². The number of pyridine rings is 1. The van der Waals surface area contributed by atoms with Gasteiger partial charge in [0.05, 0.1) is 0 Å². The highest BCUT2D eigenvalue weighted by Crippen LogP contribution is 2.50. The van der Waals surface area contributed by atoms with Crippen LogP contribution < -0.4 is 5.32 Å². The zero-order chi connectivity index (χ0) is 14.8. The second kappa shape index (κ2) is 5.45. The summed E-state index contributed by atoms with van der Waals surface area (Å²) in [6.45, 7) is 4.97. The predicted molar refractivity (Wildman–Crippen MR) is 75.1 cm³/mol. The van der Waals surface area contributed by atoms with Crippen molar-refractivity contribution in [3.8, 4) is 0 Å².